The molecule has 1 fully saturated rings. The Labute approximate surface area is 195 Å². The second-order valence-corrected chi connectivity index (χ2v) is 10.6. The number of fused-ring (bicyclic) bond motifs is 1. The Morgan fingerprint density at radius 1 is 1.25 bits per heavy atom. The second kappa shape index (κ2) is 9.09. The van der Waals surface area contributed by atoms with Crippen molar-refractivity contribution in [2.75, 3.05) is 12.4 Å². The number of aromatic nitrogens is 3. The first-order valence-corrected chi connectivity index (χ1v) is 12.3. The molecule has 9 heteroatoms. The molecule has 0 bridgehead atoms. The molecule has 5 rings (SSSR count). The van der Waals surface area contributed by atoms with E-state index in [2.05, 4.69) is 32.2 Å². The van der Waals surface area contributed by atoms with Crippen molar-refractivity contribution in [3.05, 3.63) is 54.5 Å². The Morgan fingerprint density at radius 3 is 2.78 bits per heavy atom. The summed E-state index contributed by atoms with van der Waals surface area (Å²) in [6, 6.07) is 9.60. The molecule has 4 heterocycles. The number of ether oxygens (including phenoxy) is 1. The van der Waals surface area contributed by atoms with Crippen molar-refractivity contribution in [2.24, 2.45) is 5.73 Å². The van der Waals surface area contributed by atoms with Crippen molar-refractivity contribution in [3.63, 3.8) is 0 Å². The van der Waals surface area contributed by atoms with Crippen molar-refractivity contribution >= 4 is 35.4 Å². The van der Waals surface area contributed by atoms with Gasteiger partial charge in [0.2, 0.25) is 0 Å². The van der Waals surface area contributed by atoms with Crippen molar-refractivity contribution in [1.29, 1.82) is 0 Å². The van der Waals surface area contributed by atoms with Crippen molar-refractivity contribution < 1.29 is 9.53 Å². The third-order valence-electron chi connectivity index (χ3n) is 5.70. The lowest BCUT2D eigenvalue weighted by molar-refractivity contribution is 0.187. The number of methoxy groups -OCH3 is 1. The van der Waals surface area contributed by atoms with Crippen LogP contribution in [0.4, 0.5) is 10.6 Å². The van der Waals surface area contributed by atoms with Gasteiger partial charge in [0.1, 0.15) is 10.8 Å². The number of carbonyl (C=O) groups is 1. The van der Waals surface area contributed by atoms with Crippen LogP contribution >= 0.6 is 23.5 Å². The summed E-state index contributed by atoms with van der Waals surface area (Å²) < 4.78 is 4.88. The summed E-state index contributed by atoms with van der Waals surface area (Å²) in [5, 5.41) is 4.24. The van der Waals surface area contributed by atoms with Crippen LogP contribution in [0.3, 0.4) is 0 Å². The minimum atomic E-state index is -0.555. The van der Waals surface area contributed by atoms with Crippen LogP contribution in [0.2, 0.25) is 0 Å². The molecule has 2 unspecified atom stereocenters. The van der Waals surface area contributed by atoms with Crippen molar-refractivity contribution in [1.82, 2.24) is 15.0 Å². The second-order valence-electron chi connectivity index (χ2n) is 7.77. The average Bonchev–Trinajstić information content (AvgIpc) is 3.12. The van der Waals surface area contributed by atoms with Crippen LogP contribution in [-0.4, -0.2) is 38.0 Å². The molecule has 3 aromatic rings. The molecular formula is C23H23N5O2S2. The minimum absolute atomic E-state index is 0.0814. The van der Waals surface area contributed by atoms with Crippen LogP contribution in [0, 0.1) is 0 Å². The van der Waals surface area contributed by atoms with Gasteiger partial charge in [0, 0.05) is 40.5 Å². The molecule has 1 amide bonds. The van der Waals surface area contributed by atoms with Gasteiger partial charge < -0.3 is 10.5 Å². The lowest BCUT2D eigenvalue weighted by Gasteiger charge is -2.28. The van der Waals surface area contributed by atoms with Crippen LogP contribution in [0.15, 0.2) is 53.9 Å². The topological polar surface area (TPSA) is 103 Å². The van der Waals surface area contributed by atoms with Crippen LogP contribution in [0.1, 0.15) is 30.9 Å². The Kier molecular flexibility index (Phi) is 6.03. The molecule has 1 saturated carbocycles. The van der Waals surface area contributed by atoms with E-state index in [-0.39, 0.29) is 10.6 Å². The highest BCUT2D eigenvalue weighted by Gasteiger charge is 2.37. The number of nitrogens with zero attached hydrogens (tertiary/aromatic N) is 3. The molecule has 2 atom stereocenters. The summed E-state index contributed by atoms with van der Waals surface area (Å²) >= 11 is 3.76. The van der Waals surface area contributed by atoms with Gasteiger partial charge in [-0.05, 0) is 42.7 Å². The number of pyridine rings is 3. The van der Waals surface area contributed by atoms with Crippen molar-refractivity contribution in [2.45, 2.75) is 40.2 Å². The highest BCUT2D eigenvalue weighted by atomic mass is 32.2. The van der Waals surface area contributed by atoms with E-state index in [4.69, 9.17) is 10.7 Å². The third kappa shape index (κ3) is 4.20. The summed E-state index contributed by atoms with van der Waals surface area (Å²) in [5.41, 5.74) is 11.6. The van der Waals surface area contributed by atoms with E-state index in [1.807, 2.05) is 30.1 Å². The fraction of sp³-hybridized carbons (Fsp3) is 0.304. The molecule has 0 aromatic carbocycles. The predicted molar refractivity (Wildman–Crippen MR) is 129 cm³/mol. The molecular weight excluding hydrogens is 442 g/mol. The quantitative estimate of drug-likeness (QED) is 0.536. The molecule has 0 spiro atoms. The SMILES string of the molecule is COC(=O)Nc1ccc(-c2cc(-c3cccnc3)c3c(n2)SC(SC2CCC2)C3N)cn1. The molecule has 1 aliphatic carbocycles. The summed E-state index contributed by atoms with van der Waals surface area (Å²) in [4.78, 5) is 25.0. The molecule has 2 aliphatic rings. The fourth-order valence-corrected chi connectivity index (χ4v) is 7.04. The van der Waals surface area contributed by atoms with E-state index in [1.54, 1.807) is 30.2 Å². The molecule has 0 radical (unpaired) electrons. The maximum absolute atomic E-state index is 11.4. The zero-order chi connectivity index (χ0) is 22.1. The first-order chi connectivity index (χ1) is 15.6. The van der Waals surface area contributed by atoms with Gasteiger partial charge in [-0.15, -0.1) is 11.8 Å². The van der Waals surface area contributed by atoms with E-state index in [0.717, 1.165) is 33.0 Å². The standard InChI is InChI=1S/C23H23N5O2S2/c1-30-23(29)28-18-8-7-14(12-26-18)17-10-16(13-4-3-9-25-11-13)19-20(24)22(32-21(19)27-17)31-15-5-2-6-15/h3-4,7-12,15,20,22H,2,5-6,24H2,1H3,(H,26,28,29). The lowest BCUT2D eigenvalue weighted by atomic mass is 9.97. The maximum atomic E-state index is 11.4. The van der Waals surface area contributed by atoms with Crippen LogP contribution in [-0.2, 0) is 4.74 Å². The summed E-state index contributed by atoms with van der Waals surface area (Å²) in [7, 11) is 1.32. The molecule has 3 aromatic heterocycles. The fourth-order valence-electron chi connectivity index (χ4n) is 3.76. The van der Waals surface area contributed by atoms with E-state index < -0.39 is 6.09 Å². The number of carbonyl (C=O) groups excluding carboxylic acids is 1. The van der Waals surface area contributed by atoms with E-state index in [1.165, 1.54) is 26.4 Å². The minimum Gasteiger partial charge on any atom is -0.453 e. The van der Waals surface area contributed by atoms with Gasteiger partial charge >= 0.3 is 6.09 Å². The first-order valence-electron chi connectivity index (χ1n) is 10.5. The number of nitrogens with two attached hydrogens (primary N) is 1. The lowest BCUT2D eigenvalue weighted by Crippen LogP contribution is -2.23. The Morgan fingerprint density at radius 2 is 2.12 bits per heavy atom. The number of hydrogen-bond donors (Lipinski definition) is 2. The predicted octanol–water partition coefficient (Wildman–Crippen LogP) is 5.10. The third-order valence-corrected chi connectivity index (χ3v) is 8.80. The summed E-state index contributed by atoms with van der Waals surface area (Å²) in [5.74, 6) is 0.419. The number of anilines is 1. The van der Waals surface area contributed by atoms with Gasteiger partial charge in [-0.25, -0.2) is 14.8 Å². The Bertz CT molecular complexity index is 1120. The number of amides is 1. The molecule has 164 valence electrons. The highest BCUT2D eigenvalue weighted by Crippen LogP contribution is 2.53. The van der Waals surface area contributed by atoms with E-state index in [9.17, 15) is 4.79 Å². The number of hydrogen-bond acceptors (Lipinski definition) is 8. The first kappa shape index (κ1) is 21.2. The maximum Gasteiger partial charge on any atom is 0.412 e. The highest BCUT2D eigenvalue weighted by molar-refractivity contribution is 8.17. The van der Waals surface area contributed by atoms with Gasteiger partial charge in [0.25, 0.3) is 0 Å². The molecule has 1 aliphatic heterocycles. The summed E-state index contributed by atoms with van der Waals surface area (Å²) in [6.07, 6.45) is 8.65. The van der Waals surface area contributed by atoms with Gasteiger partial charge in [0.05, 0.1) is 23.4 Å². The van der Waals surface area contributed by atoms with Crippen LogP contribution in [0.25, 0.3) is 22.4 Å². The van der Waals surface area contributed by atoms with Gasteiger partial charge in [-0.2, -0.15) is 0 Å². The number of nitrogens with one attached hydrogen (secondary N) is 1. The number of rotatable bonds is 5. The zero-order valence-corrected chi connectivity index (χ0v) is 19.2. The average molecular weight is 466 g/mol. The van der Waals surface area contributed by atoms with Crippen molar-refractivity contribution in [3.8, 4) is 22.4 Å². The van der Waals surface area contributed by atoms with E-state index >= 15 is 0 Å². The van der Waals surface area contributed by atoms with Gasteiger partial charge in [-0.3, -0.25) is 10.3 Å². The Balaban J connectivity index is 1.51. The van der Waals surface area contributed by atoms with Gasteiger partial charge in [0.15, 0.2) is 0 Å². The van der Waals surface area contributed by atoms with Crippen LogP contribution in [0.5, 0.6) is 0 Å². The smallest absolute Gasteiger partial charge is 0.412 e. The monoisotopic (exact) mass is 465 g/mol. The van der Waals surface area contributed by atoms with E-state index in [0.29, 0.717) is 11.1 Å². The zero-order valence-electron chi connectivity index (χ0n) is 17.5. The molecule has 7 nitrogen and oxygen atoms in total. The molecule has 32 heavy (non-hydrogen) atoms. The largest absolute Gasteiger partial charge is 0.453 e. The Hall–Kier alpha value is -2.62. The van der Waals surface area contributed by atoms with Crippen LogP contribution < -0.4 is 11.1 Å². The number of thioether (sulfide) groups is 2. The molecule has 3 N–H and O–H groups in total. The molecule has 0 saturated heterocycles. The normalized spacial score (nSPS) is 19.8. The summed E-state index contributed by atoms with van der Waals surface area (Å²) in [6.45, 7) is 0. The van der Waals surface area contributed by atoms with Gasteiger partial charge in [-0.1, -0.05) is 24.2 Å².